The van der Waals surface area contributed by atoms with Gasteiger partial charge < -0.3 is 10.1 Å². The van der Waals surface area contributed by atoms with Gasteiger partial charge in [0.2, 0.25) is 5.88 Å². The van der Waals surface area contributed by atoms with Gasteiger partial charge in [0.1, 0.15) is 6.61 Å². The van der Waals surface area contributed by atoms with E-state index >= 15 is 0 Å². The molecule has 0 aliphatic carbocycles. The topological polar surface area (TPSA) is 93.5 Å². The van der Waals surface area contributed by atoms with Crippen LogP contribution in [-0.2, 0) is 10.1 Å². The van der Waals surface area contributed by atoms with Crippen molar-refractivity contribution in [3.8, 4) is 22.7 Å². The van der Waals surface area contributed by atoms with E-state index in [2.05, 4.69) is 43.3 Å². The fraction of sp³-hybridized carbons (Fsp3) is 0.318. The van der Waals surface area contributed by atoms with E-state index in [4.69, 9.17) is 9.29 Å². The van der Waals surface area contributed by atoms with Crippen molar-refractivity contribution in [1.82, 2.24) is 15.1 Å². The number of aromatic nitrogens is 2. The molecule has 0 unspecified atom stereocenters. The molecule has 0 fully saturated rings. The Morgan fingerprint density at radius 1 is 1.03 bits per heavy atom. The van der Waals surface area contributed by atoms with Crippen LogP contribution in [0.4, 0.5) is 0 Å². The van der Waals surface area contributed by atoms with Gasteiger partial charge >= 0.3 is 0 Å². The Morgan fingerprint density at radius 2 is 1.57 bits per heavy atom. The molecule has 1 aromatic heterocycles. The van der Waals surface area contributed by atoms with Crippen LogP contribution in [0.2, 0.25) is 0 Å². The second-order valence-electron chi connectivity index (χ2n) is 7.75. The summed E-state index contributed by atoms with van der Waals surface area (Å²) in [5.74, 6) is 0.658. The second kappa shape index (κ2) is 10.4. The summed E-state index contributed by atoms with van der Waals surface area (Å²) < 4.78 is 33.7. The largest absolute Gasteiger partial charge is 0.475 e. The summed E-state index contributed by atoms with van der Waals surface area (Å²) in [6, 6.07) is 20.3. The zero-order valence-electron chi connectivity index (χ0n) is 17.7. The monoisotopic (exact) mass is 431 g/mol. The third kappa shape index (κ3) is 8.77. The molecule has 0 radical (unpaired) electrons. The Bertz CT molecular complexity index is 1000. The van der Waals surface area contributed by atoms with Gasteiger partial charge in [-0.15, -0.1) is 5.10 Å². The van der Waals surface area contributed by atoms with E-state index in [0.717, 1.165) is 23.4 Å². The number of nitrogens with zero attached hydrogens (tertiary/aromatic N) is 2. The number of benzene rings is 2. The average molecular weight is 432 g/mol. The lowest BCUT2D eigenvalue weighted by atomic mass is 10.1. The van der Waals surface area contributed by atoms with Crippen molar-refractivity contribution >= 4 is 10.1 Å². The minimum atomic E-state index is -3.67. The third-order valence-electron chi connectivity index (χ3n) is 3.78. The van der Waals surface area contributed by atoms with Crippen molar-refractivity contribution in [3.05, 3.63) is 66.9 Å². The maximum absolute atomic E-state index is 9.19. The van der Waals surface area contributed by atoms with E-state index in [1.807, 2.05) is 59.4 Å². The van der Waals surface area contributed by atoms with Gasteiger partial charge in [0.15, 0.2) is 0 Å². The van der Waals surface area contributed by atoms with E-state index in [1.54, 1.807) is 0 Å². The summed E-state index contributed by atoms with van der Waals surface area (Å²) in [6.45, 7) is 7.78. The predicted molar refractivity (Wildman–Crippen MR) is 120 cm³/mol. The second-order valence-corrected chi connectivity index (χ2v) is 9.22. The molecule has 2 N–H and O–H groups in total. The molecule has 3 rings (SSSR count). The number of para-hydroxylation sites is 1. The normalized spacial score (nSPS) is 11.5. The fourth-order valence-electron chi connectivity index (χ4n) is 2.57. The molecular formula is C22H29N3O4S. The van der Waals surface area contributed by atoms with Gasteiger partial charge in [-0.3, -0.25) is 4.55 Å². The highest BCUT2D eigenvalue weighted by Crippen LogP contribution is 2.29. The molecule has 0 atom stereocenters. The average Bonchev–Trinajstić information content (AvgIpc) is 3.09. The fourth-order valence-corrected chi connectivity index (χ4v) is 2.57. The number of nitrogens with one attached hydrogen (secondary N) is 1. The first-order valence-electron chi connectivity index (χ1n) is 9.54. The molecule has 8 heteroatoms. The van der Waals surface area contributed by atoms with Crippen molar-refractivity contribution < 1.29 is 17.7 Å². The molecule has 0 amide bonds. The number of rotatable bonds is 6. The predicted octanol–water partition coefficient (Wildman–Crippen LogP) is 3.81. The summed E-state index contributed by atoms with van der Waals surface area (Å²) in [7, 11) is -3.67. The molecule has 162 valence electrons. The Balaban J connectivity index is 0.000000575. The van der Waals surface area contributed by atoms with E-state index < -0.39 is 10.1 Å². The summed E-state index contributed by atoms with van der Waals surface area (Å²) in [5, 5.41) is 8.09. The smallest absolute Gasteiger partial charge is 0.261 e. The number of hydrogen-bond acceptors (Lipinski definition) is 5. The highest BCUT2D eigenvalue weighted by molar-refractivity contribution is 7.85. The summed E-state index contributed by atoms with van der Waals surface area (Å²) in [6.07, 6.45) is 2.74. The first-order chi connectivity index (χ1) is 14.0. The van der Waals surface area contributed by atoms with Crippen molar-refractivity contribution in [1.29, 1.82) is 0 Å². The van der Waals surface area contributed by atoms with E-state index in [-0.39, 0.29) is 5.54 Å². The standard InChI is InChI=1S/C21H25N3O.CH4O3S/c1-21(2,3)22-14-15-25-20-19(17-10-6-4-7-11-17)16-24(23-20)18-12-8-5-9-13-18;1-5(2,3)4/h4-13,16,22H,14-15H2,1-3H3;1H3,(H,2,3,4). The molecule has 0 aliphatic heterocycles. The Morgan fingerprint density at radius 3 is 2.10 bits per heavy atom. The number of ether oxygens (including phenoxy) is 1. The molecule has 30 heavy (non-hydrogen) atoms. The van der Waals surface area contributed by atoms with Gasteiger partial charge in [-0.2, -0.15) is 8.42 Å². The van der Waals surface area contributed by atoms with Gasteiger partial charge in [-0.25, -0.2) is 4.68 Å². The van der Waals surface area contributed by atoms with Crippen molar-refractivity contribution in [2.24, 2.45) is 0 Å². The van der Waals surface area contributed by atoms with Crippen LogP contribution in [0.15, 0.2) is 66.9 Å². The van der Waals surface area contributed by atoms with Gasteiger partial charge in [0.05, 0.1) is 17.5 Å². The van der Waals surface area contributed by atoms with Crippen molar-refractivity contribution in [2.45, 2.75) is 26.3 Å². The summed E-state index contributed by atoms with van der Waals surface area (Å²) in [5.41, 5.74) is 3.20. The van der Waals surface area contributed by atoms with Crippen molar-refractivity contribution in [2.75, 3.05) is 19.4 Å². The SMILES string of the molecule is CC(C)(C)NCCOc1nn(-c2ccccc2)cc1-c1ccccc1.CS(=O)(=O)O. The lowest BCUT2D eigenvalue weighted by Gasteiger charge is -2.20. The Kier molecular flexibility index (Phi) is 8.16. The molecule has 0 saturated carbocycles. The van der Waals surface area contributed by atoms with Crippen LogP contribution < -0.4 is 10.1 Å². The Labute approximate surface area is 178 Å². The van der Waals surface area contributed by atoms with E-state index in [0.29, 0.717) is 18.7 Å². The zero-order valence-corrected chi connectivity index (χ0v) is 18.6. The molecule has 0 aliphatic rings. The number of hydrogen-bond donors (Lipinski definition) is 2. The maximum Gasteiger partial charge on any atom is 0.261 e. The minimum absolute atomic E-state index is 0.0784. The van der Waals surface area contributed by atoms with Gasteiger partial charge in [-0.05, 0) is 38.5 Å². The van der Waals surface area contributed by atoms with Gasteiger partial charge in [-0.1, -0.05) is 48.5 Å². The molecule has 1 heterocycles. The third-order valence-corrected chi connectivity index (χ3v) is 3.78. The van der Waals surface area contributed by atoms with Gasteiger partial charge in [0, 0.05) is 18.3 Å². The van der Waals surface area contributed by atoms with Crippen LogP contribution in [0.1, 0.15) is 20.8 Å². The first-order valence-corrected chi connectivity index (χ1v) is 11.4. The Hall–Kier alpha value is -2.68. The van der Waals surface area contributed by atoms with Crippen LogP contribution >= 0.6 is 0 Å². The van der Waals surface area contributed by atoms with Gasteiger partial charge in [0.25, 0.3) is 10.1 Å². The van der Waals surface area contributed by atoms with E-state index in [1.165, 1.54) is 0 Å². The van der Waals surface area contributed by atoms with Crippen LogP contribution in [0.5, 0.6) is 5.88 Å². The lowest BCUT2D eigenvalue weighted by Crippen LogP contribution is -2.38. The molecule has 2 aromatic carbocycles. The molecule has 0 bridgehead atoms. The molecular weight excluding hydrogens is 402 g/mol. The molecule has 3 aromatic rings. The van der Waals surface area contributed by atoms with E-state index in [9.17, 15) is 8.42 Å². The highest BCUT2D eigenvalue weighted by atomic mass is 32.2. The molecule has 0 saturated heterocycles. The highest BCUT2D eigenvalue weighted by Gasteiger charge is 2.14. The molecule has 7 nitrogen and oxygen atoms in total. The maximum atomic E-state index is 9.19. The molecule has 0 spiro atoms. The lowest BCUT2D eigenvalue weighted by molar-refractivity contribution is 0.281. The van der Waals surface area contributed by atoms with Crippen LogP contribution in [0.3, 0.4) is 0 Å². The minimum Gasteiger partial charge on any atom is -0.475 e. The van der Waals surface area contributed by atoms with Crippen LogP contribution in [0, 0.1) is 0 Å². The first kappa shape index (κ1) is 23.6. The zero-order chi connectivity index (χ0) is 22.2. The van der Waals surface area contributed by atoms with Crippen LogP contribution in [-0.4, -0.2) is 47.7 Å². The summed E-state index contributed by atoms with van der Waals surface area (Å²) in [4.78, 5) is 0. The van der Waals surface area contributed by atoms with Crippen molar-refractivity contribution in [3.63, 3.8) is 0 Å². The summed E-state index contributed by atoms with van der Waals surface area (Å²) >= 11 is 0. The van der Waals surface area contributed by atoms with Crippen LogP contribution in [0.25, 0.3) is 16.8 Å². The quantitative estimate of drug-likeness (QED) is 0.455.